The highest BCUT2D eigenvalue weighted by atomic mass is 16.4. The number of amides is 1. The summed E-state index contributed by atoms with van der Waals surface area (Å²) in [6, 6.07) is 3.41. The number of aliphatic carboxylic acids is 1. The van der Waals surface area contributed by atoms with Gasteiger partial charge in [-0.1, -0.05) is 6.07 Å². The Kier molecular flexibility index (Phi) is 3.96. The fourth-order valence-electron chi connectivity index (χ4n) is 1.08. The predicted octanol–water partition coefficient (Wildman–Crippen LogP) is -0.435. The zero-order valence-electron chi connectivity index (χ0n) is 8.67. The van der Waals surface area contributed by atoms with E-state index in [0.717, 1.165) is 0 Å². The molecule has 0 unspecified atom stereocenters. The van der Waals surface area contributed by atoms with E-state index in [9.17, 15) is 9.59 Å². The molecule has 0 aliphatic carbocycles. The lowest BCUT2D eigenvalue weighted by Gasteiger charge is -2.08. The number of aliphatic hydroxyl groups excluding tert-OH is 1. The van der Waals surface area contributed by atoms with Gasteiger partial charge in [0, 0.05) is 6.20 Å². The van der Waals surface area contributed by atoms with Crippen molar-refractivity contribution in [3.05, 3.63) is 29.6 Å². The zero-order chi connectivity index (χ0) is 12.1. The number of pyridine rings is 1. The molecule has 0 bridgehead atoms. The molecule has 1 rings (SSSR count). The van der Waals surface area contributed by atoms with E-state index in [4.69, 9.17) is 10.2 Å². The Bertz CT molecular complexity index is 406. The van der Waals surface area contributed by atoms with Crippen LogP contribution in [-0.2, 0) is 4.79 Å². The summed E-state index contributed by atoms with van der Waals surface area (Å²) in [4.78, 5) is 25.7. The van der Waals surface area contributed by atoms with Gasteiger partial charge in [-0.15, -0.1) is 0 Å². The summed E-state index contributed by atoms with van der Waals surface area (Å²) in [5.41, 5.74) is 0.907. The molecule has 0 spiro atoms. The summed E-state index contributed by atoms with van der Waals surface area (Å²) in [6.45, 7) is 1.37. The van der Waals surface area contributed by atoms with Crippen LogP contribution in [0.4, 0.5) is 0 Å². The monoisotopic (exact) mass is 224 g/mol. The highest BCUT2D eigenvalue weighted by Crippen LogP contribution is 2.02. The Morgan fingerprint density at radius 1 is 1.56 bits per heavy atom. The van der Waals surface area contributed by atoms with Gasteiger partial charge in [0.25, 0.3) is 5.91 Å². The van der Waals surface area contributed by atoms with Gasteiger partial charge < -0.3 is 15.5 Å². The SMILES string of the molecule is Cc1cccnc1C(=O)NC[C@H](O)C(=O)O. The molecule has 1 amide bonds. The molecule has 0 saturated carbocycles. The minimum absolute atomic E-state index is 0.222. The minimum atomic E-state index is -1.60. The first-order valence-corrected chi connectivity index (χ1v) is 4.63. The molecular weight excluding hydrogens is 212 g/mol. The fraction of sp³-hybridized carbons (Fsp3) is 0.300. The molecule has 1 atom stereocenters. The number of aryl methyl sites for hydroxylation is 1. The summed E-state index contributed by atoms with van der Waals surface area (Å²) in [7, 11) is 0. The van der Waals surface area contributed by atoms with Gasteiger partial charge in [0.2, 0.25) is 0 Å². The molecule has 6 nitrogen and oxygen atoms in total. The van der Waals surface area contributed by atoms with Crippen molar-refractivity contribution in [3.8, 4) is 0 Å². The summed E-state index contributed by atoms with van der Waals surface area (Å²) >= 11 is 0. The molecule has 16 heavy (non-hydrogen) atoms. The van der Waals surface area contributed by atoms with Crippen molar-refractivity contribution in [1.82, 2.24) is 10.3 Å². The number of nitrogens with one attached hydrogen (secondary N) is 1. The van der Waals surface area contributed by atoms with E-state index < -0.39 is 18.0 Å². The molecule has 1 heterocycles. The lowest BCUT2D eigenvalue weighted by atomic mass is 10.2. The Labute approximate surface area is 91.9 Å². The average Bonchev–Trinajstić information content (AvgIpc) is 2.25. The van der Waals surface area contributed by atoms with Gasteiger partial charge in [-0.3, -0.25) is 9.78 Å². The minimum Gasteiger partial charge on any atom is -0.479 e. The van der Waals surface area contributed by atoms with Crippen LogP contribution in [0.3, 0.4) is 0 Å². The average molecular weight is 224 g/mol. The van der Waals surface area contributed by atoms with Gasteiger partial charge in [-0.2, -0.15) is 0 Å². The molecule has 1 aromatic heterocycles. The van der Waals surface area contributed by atoms with Crippen LogP contribution < -0.4 is 5.32 Å². The van der Waals surface area contributed by atoms with Gasteiger partial charge in [0.1, 0.15) is 5.69 Å². The van der Waals surface area contributed by atoms with Crippen molar-refractivity contribution in [2.24, 2.45) is 0 Å². The summed E-state index contributed by atoms with van der Waals surface area (Å²) in [6.07, 6.45) is -0.136. The van der Waals surface area contributed by atoms with Gasteiger partial charge in [-0.05, 0) is 18.6 Å². The first-order chi connectivity index (χ1) is 7.52. The van der Waals surface area contributed by atoms with Crippen LogP contribution in [0.15, 0.2) is 18.3 Å². The molecule has 86 valence electrons. The number of carboxylic acid groups (broad SMARTS) is 1. The number of aliphatic hydroxyl groups is 1. The van der Waals surface area contributed by atoms with Gasteiger partial charge >= 0.3 is 5.97 Å². The highest BCUT2D eigenvalue weighted by Gasteiger charge is 2.16. The van der Waals surface area contributed by atoms with Crippen LogP contribution in [0.1, 0.15) is 16.1 Å². The highest BCUT2D eigenvalue weighted by molar-refractivity contribution is 5.93. The third-order valence-electron chi connectivity index (χ3n) is 1.97. The molecule has 1 aromatic rings. The number of hydrogen-bond donors (Lipinski definition) is 3. The van der Waals surface area contributed by atoms with Crippen molar-refractivity contribution >= 4 is 11.9 Å². The first-order valence-electron chi connectivity index (χ1n) is 4.63. The molecule has 0 aromatic carbocycles. The number of nitrogens with zero attached hydrogens (tertiary/aromatic N) is 1. The molecule has 3 N–H and O–H groups in total. The predicted molar refractivity (Wildman–Crippen MR) is 54.9 cm³/mol. The van der Waals surface area contributed by atoms with Gasteiger partial charge in [0.15, 0.2) is 6.10 Å². The Balaban J connectivity index is 2.60. The Hall–Kier alpha value is -1.95. The molecule has 0 radical (unpaired) electrons. The number of aromatic nitrogens is 1. The Morgan fingerprint density at radius 2 is 2.25 bits per heavy atom. The number of carboxylic acids is 1. The lowest BCUT2D eigenvalue weighted by molar-refractivity contribution is -0.146. The largest absolute Gasteiger partial charge is 0.479 e. The van der Waals surface area contributed by atoms with Crippen molar-refractivity contribution in [3.63, 3.8) is 0 Å². The third-order valence-corrected chi connectivity index (χ3v) is 1.97. The van der Waals surface area contributed by atoms with Crippen molar-refractivity contribution in [1.29, 1.82) is 0 Å². The standard InChI is InChI=1S/C10H12N2O4/c1-6-3-2-4-11-8(6)9(14)12-5-7(13)10(15)16/h2-4,7,13H,5H2,1H3,(H,12,14)(H,15,16)/t7-/m0/s1. The second-order valence-corrected chi connectivity index (χ2v) is 3.23. The molecule has 6 heteroatoms. The molecular formula is C10H12N2O4. The summed E-state index contributed by atoms with van der Waals surface area (Å²) < 4.78 is 0. The van der Waals surface area contributed by atoms with E-state index in [0.29, 0.717) is 5.56 Å². The van der Waals surface area contributed by atoms with Crippen LogP contribution in [0.5, 0.6) is 0 Å². The number of carbonyl (C=O) groups is 2. The number of hydrogen-bond acceptors (Lipinski definition) is 4. The smallest absolute Gasteiger partial charge is 0.334 e. The topological polar surface area (TPSA) is 99.5 Å². The molecule has 0 fully saturated rings. The van der Waals surface area contributed by atoms with Gasteiger partial charge in [0.05, 0.1) is 6.54 Å². The van der Waals surface area contributed by atoms with Crippen LogP contribution in [0.25, 0.3) is 0 Å². The first kappa shape index (κ1) is 12.1. The van der Waals surface area contributed by atoms with Crippen LogP contribution in [0, 0.1) is 6.92 Å². The second kappa shape index (κ2) is 5.22. The fourth-order valence-corrected chi connectivity index (χ4v) is 1.08. The molecule has 0 aliphatic heterocycles. The van der Waals surface area contributed by atoms with Crippen LogP contribution in [0.2, 0.25) is 0 Å². The summed E-state index contributed by atoms with van der Waals surface area (Å²) in [5, 5.41) is 19.6. The van der Waals surface area contributed by atoms with Crippen molar-refractivity contribution < 1.29 is 19.8 Å². The summed E-state index contributed by atoms with van der Waals surface area (Å²) in [5.74, 6) is -1.88. The molecule has 0 saturated heterocycles. The zero-order valence-corrected chi connectivity index (χ0v) is 8.67. The van der Waals surface area contributed by atoms with Gasteiger partial charge in [-0.25, -0.2) is 4.79 Å². The normalized spacial score (nSPS) is 11.9. The second-order valence-electron chi connectivity index (χ2n) is 3.23. The van der Waals surface area contributed by atoms with E-state index in [1.54, 1.807) is 19.1 Å². The van der Waals surface area contributed by atoms with Crippen LogP contribution >= 0.6 is 0 Å². The maximum atomic E-state index is 11.5. The van der Waals surface area contributed by atoms with Crippen molar-refractivity contribution in [2.75, 3.05) is 6.54 Å². The number of rotatable bonds is 4. The Morgan fingerprint density at radius 3 is 2.81 bits per heavy atom. The lowest BCUT2D eigenvalue weighted by Crippen LogP contribution is -2.37. The van der Waals surface area contributed by atoms with Crippen molar-refractivity contribution in [2.45, 2.75) is 13.0 Å². The van der Waals surface area contributed by atoms with E-state index in [1.165, 1.54) is 6.20 Å². The van der Waals surface area contributed by atoms with E-state index in [2.05, 4.69) is 10.3 Å². The maximum absolute atomic E-state index is 11.5. The van der Waals surface area contributed by atoms with Crippen LogP contribution in [-0.4, -0.2) is 39.7 Å². The third kappa shape index (κ3) is 3.03. The number of carbonyl (C=O) groups excluding carboxylic acids is 1. The van der Waals surface area contributed by atoms with E-state index in [1.807, 2.05) is 0 Å². The quantitative estimate of drug-likeness (QED) is 0.644. The maximum Gasteiger partial charge on any atom is 0.334 e. The van der Waals surface area contributed by atoms with E-state index >= 15 is 0 Å². The van der Waals surface area contributed by atoms with E-state index in [-0.39, 0.29) is 12.2 Å². The molecule has 0 aliphatic rings.